The van der Waals surface area contributed by atoms with Gasteiger partial charge < -0.3 is 5.32 Å². The number of benzene rings is 1. The van der Waals surface area contributed by atoms with E-state index in [1.807, 2.05) is 7.05 Å². The van der Waals surface area contributed by atoms with Gasteiger partial charge in [-0.05, 0) is 48.4 Å². The first-order valence-corrected chi connectivity index (χ1v) is 7.66. The second-order valence-corrected chi connectivity index (χ2v) is 6.10. The van der Waals surface area contributed by atoms with Crippen molar-refractivity contribution >= 4 is 16.6 Å². The van der Waals surface area contributed by atoms with Gasteiger partial charge in [0.25, 0.3) is 0 Å². The molecule has 0 amide bonds. The van der Waals surface area contributed by atoms with Crippen LogP contribution in [0.1, 0.15) is 51.3 Å². The molecule has 0 saturated carbocycles. The minimum atomic E-state index is 0.597. The van der Waals surface area contributed by atoms with Crippen molar-refractivity contribution in [3.63, 3.8) is 0 Å². The summed E-state index contributed by atoms with van der Waals surface area (Å²) in [5.74, 6) is 1.23. The van der Waals surface area contributed by atoms with Gasteiger partial charge in [-0.3, -0.25) is 4.98 Å². The van der Waals surface area contributed by atoms with Crippen LogP contribution in [-0.4, -0.2) is 12.0 Å². The Morgan fingerprint density at radius 1 is 1.15 bits per heavy atom. The number of pyridine rings is 1. The minimum Gasteiger partial charge on any atom is -0.388 e. The van der Waals surface area contributed by atoms with Gasteiger partial charge in [-0.2, -0.15) is 0 Å². The summed E-state index contributed by atoms with van der Waals surface area (Å²) in [7, 11) is 1.99. The summed E-state index contributed by atoms with van der Waals surface area (Å²) in [6.45, 7) is 8.98. The van der Waals surface area contributed by atoms with E-state index in [9.17, 15) is 0 Å². The monoisotopic (exact) mass is 270 g/mol. The molecule has 0 bridgehead atoms. The third-order valence-electron chi connectivity index (χ3n) is 3.95. The van der Waals surface area contributed by atoms with Gasteiger partial charge in [0.15, 0.2) is 0 Å². The molecule has 2 nitrogen and oxygen atoms in total. The molecule has 0 aliphatic heterocycles. The zero-order valence-corrected chi connectivity index (χ0v) is 13.3. The number of nitrogens with one attached hydrogen (secondary N) is 1. The lowest BCUT2D eigenvalue weighted by Gasteiger charge is -2.14. The largest absolute Gasteiger partial charge is 0.388 e. The molecule has 108 valence electrons. The van der Waals surface area contributed by atoms with Crippen LogP contribution in [0.25, 0.3) is 10.9 Å². The number of rotatable bonds is 5. The molecule has 0 fully saturated rings. The molecule has 1 N–H and O–H groups in total. The average molecular weight is 270 g/mol. The molecule has 0 saturated heterocycles. The van der Waals surface area contributed by atoms with Gasteiger partial charge in [0.2, 0.25) is 0 Å². The van der Waals surface area contributed by atoms with Crippen LogP contribution < -0.4 is 5.32 Å². The van der Waals surface area contributed by atoms with Crippen LogP contribution in [0.3, 0.4) is 0 Å². The molecule has 0 aliphatic rings. The summed E-state index contributed by atoms with van der Waals surface area (Å²) in [6.07, 6.45) is 2.19. The van der Waals surface area contributed by atoms with Crippen LogP contribution in [0.4, 0.5) is 5.69 Å². The number of nitrogens with zero attached hydrogens (tertiary/aromatic N) is 1. The third-order valence-corrected chi connectivity index (χ3v) is 3.95. The molecule has 1 atom stereocenters. The first-order valence-electron chi connectivity index (χ1n) is 7.66. The molecule has 2 aromatic rings. The SMILES string of the molecule is CCC(C)c1ccc2nc(CC(C)C)cc(NC)c2c1. The van der Waals surface area contributed by atoms with Crippen molar-refractivity contribution in [3.8, 4) is 0 Å². The van der Waals surface area contributed by atoms with Crippen molar-refractivity contribution in [2.24, 2.45) is 5.92 Å². The predicted octanol–water partition coefficient (Wildman–Crippen LogP) is 4.99. The maximum Gasteiger partial charge on any atom is 0.0726 e. The van der Waals surface area contributed by atoms with E-state index in [0.29, 0.717) is 11.8 Å². The quantitative estimate of drug-likeness (QED) is 0.828. The van der Waals surface area contributed by atoms with Crippen molar-refractivity contribution in [2.75, 3.05) is 12.4 Å². The molecular formula is C18H26N2. The Bertz CT molecular complexity index is 587. The van der Waals surface area contributed by atoms with Gasteiger partial charge in [0.05, 0.1) is 5.52 Å². The lowest BCUT2D eigenvalue weighted by Crippen LogP contribution is -2.01. The number of hydrogen-bond acceptors (Lipinski definition) is 2. The lowest BCUT2D eigenvalue weighted by molar-refractivity contribution is 0.637. The van der Waals surface area contributed by atoms with Crippen LogP contribution in [-0.2, 0) is 6.42 Å². The van der Waals surface area contributed by atoms with E-state index in [2.05, 4.69) is 57.3 Å². The van der Waals surface area contributed by atoms with Crippen LogP contribution in [0, 0.1) is 5.92 Å². The molecule has 0 aliphatic carbocycles. The highest BCUT2D eigenvalue weighted by molar-refractivity contribution is 5.92. The molecule has 20 heavy (non-hydrogen) atoms. The average Bonchev–Trinajstić information content (AvgIpc) is 2.44. The molecular weight excluding hydrogens is 244 g/mol. The van der Waals surface area contributed by atoms with Gasteiger partial charge in [0.1, 0.15) is 0 Å². The fraction of sp³-hybridized carbons (Fsp3) is 0.500. The highest BCUT2D eigenvalue weighted by atomic mass is 14.8. The fourth-order valence-corrected chi connectivity index (χ4v) is 2.57. The smallest absolute Gasteiger partial charge is 0.0726 e. The summed E-state index contributed by atoms with van der Waals surface area (Å²) in [5, 5.41) is 4.56. The van der Waals surface area contributed by atoms with Crippen molar-refractivity contribution in [1.82, 2.24) is 4.98 Å². The molecule has 2 rings (SSSR count). The Labute approximate surface area is 122 Å². The maximum atomic E-state index is 4.81. The maximum absolute atomic E-state index is 4.81. The van der Waals surface area contributed by atoms with E-state index in [-0.39, 0.29) is 0 Å². The van der Waals surface area contributed by atoms with Crippen LogP contribution in [0.2, 0.25) is 0 Å². The highest BCUT2D eigenvalue weighted by Gasteiger charge is 2.09. The van der Waals surface area contributed by atoms with Crippen molar-refractivity contribution in [1.29, 1.82) is 0 Å². The van der Waals surface area contributed by atoms with Crippen molar-refractivity contribution < 1.29 is 0 Å². The van der Waals surface area contributed by atoms with E-state index in [4.69, 9.17) is 4.98 Å². The number of fused-ring (bicyclic) bond motifs is 1. The van der Waals surface area contributed by atoms with E-state index in [0.717, 1.165) is 11.9 Å². The molecule has 2 heteroatoms. The molecule has 0 spiro atoms. The first-order chi connectivity index (χ1) is 9.55. The Kier molecular flexibility index (Phi) is 4.64. The standard InChI is InChI=1S/C18H26N2/c1-6-13(4)14-7-8-17-16(10-14)18(19-5)11-15(20-17)9-12(2)3/h7-8,10-13H,6,9H2,1-5H3,(H,19,20). The zero-order chi connectivity index (χ0) is 14.7. The van der Waals surface area contributed by atoms with E-state index in [1.165, 1.54) is 28.8 Å². The van der Waals surface area contributed by atoms with Gasteiger partial charge in [-0.15, -0.1) is 0 Å². The minimum absolute atomic E-state index is 0.597. The Morgan fingerprint density at radius 2 is 1.90 bits per heavy atom. The molecule has 1 unspecified atom stereocenters. The Morgan fingerprint density at radius 3 is 2.50 bits per heavy atom. The summed E-state index contributed by atoms with van der Waals surface area (Å²) < 4.78 is 0. The topological polar surface area (TPSA) is 24.9 Å². The van der Waals surface area contributed by atoms with Crippen LogP contribution >= 0.6 is 0 Å². The van der Waals surface area contributed by atoms with Crippen molar-refractivity contribution in [3.05, 3.63) is 35.5 Å². The highest BCUT2D eigenvalue weighted by Crippen LogP contribution is 2.28. The fourth-order valence-electron chi connectivity index (χ4n) is 2.57. The third kappa shape index (κ3) is 3.12. The van der Waals surface area contributed by atoms with E-state index < -0.39 is 0 Å². The molecule has 1 aromatic carbocycles. The number of aromatic nitrogens is 1. The molecule has 1 heterocycles. The van der Waals surface area contributed by atoms with Crippen LogP contribution in [0.15, 0.2) is 24.3 Å². The van der Waals surface area contributed by atoms with Gasteiger partial charge in [-0.25, -0.2) is 0 Å². The number of anilines is 1. The van der Waals surface area contributed by atoms with Gasteiger partial charge in [0, 0.05) is 23.8 Å². The van der Waals surface area contributed by atoms with E-state index in [1.54, 1.807) is 0 Å². The lowest BCUT2D eigenvalue weighted by atomic mass is 9.96. The van der Waals surface area contributed by atoms with Crippen molar-refractivity contribution in [2.45, 2.75) is 46.5 Å². The number of hydrogen-bond donors (Lipinski definition) is 1. The second-order valence-electron chi connectivity index (χ2n) is 6.10. The summed E-state index contributed by atoms with van der Waals surface area (Å²) >= 11 is 0. The summed E-state index contributed by atoms with van der Waals surface area (Å²) in [4.78, 5) is 4.81. The first kappa shape index (κ1) is 14.8. The summed E-state index contributed by atoms with van der Waals surface area (Å²) in [5.41, 5.74) is 4.86. The summed E-state index contributed by atoms with van der Waals surface area (Å²) in [6, 6.07) is 8.88. The predicted molar refractivity (Wildman–Crippen MR) is 88.5 cm³/mol. The second kappa shape index (κ2) is 6.25. The normalized spacial score (nSPS) is 12.9. The zero-order valence-electron chi connectivity index (χ0n) is 13.3. The van der Waals surface area contributed by atoms with Crippen LogP contribution in [0.5, 0.6) is 0 Å². The molecule has 0 radical (unpaired) electrons. The Balaban J connectivity index is 2.52. The van der Waals surface area contributed by atoms with Gasteiger partial charge >= 0.3 is 0 Å². The van der Waals surface area contributed by atoms with Gasteiger partial charge in [-0.1, -0.05) is 33.8 Å². The Hall–Kier alpha value is -1.57. The van der Waals surface area contributed by atoms with E-state index >= 15 is 0 Å². The molecule has 1 aromatic heterocycles.